The highest BCUT2D eigenvalue weighted by molar-refractivity contribution is 7.89. The van der Waals surface area contributed by atoms with Crippen LogP contribution in [0.5, 0.6) is 0 Å². The Morgan fingerprint density at radius 3 is 2.68 bits per heavy atom. The van der Waals surface area contributed by atoms with Gasteiger partial charge in [0, 0.05) is 6.61 Å². The molecule has 0 amide bonds. The molecule has 19 heavy (non-hydrogen) atoms. The predicted molar refractivity (Wildman–Crippen MR) is 74.3 cm³/mol. The standard InChI is InChI=1S/C12H19N3O3S/c1-8-12(2,5-6-18-8)15-11-7-9(19(14,16)17)3-4-10(11)13/h3-4,7-8,15H,5-6,13H2,1-2H3,(H2,14,16,17). The van der Waals surface area contributed by atoms with Gasteiger partial charge >= 0.3 is 0 Å². The minimum absolute atomic E-state index is 0.0186. The molecule has 0 saturated carbocycles. The van der Waals surface area contributed by atoms with Crippen LogP contribution in [0.4, 0.5) is 11.4 Å². The average Bonchev–Trinajstić information content (AvgIpc) is 2.61. The van der Waals surface area contributed by atoms with Gasteiger partial charge in [0.25, 0.3) is 0 Å². The van der Waals surface area contributed by atoms with Crippen LogP contribution in [0.3, 0.4) is 0 Å². The van der Waals surface area contributed by atoms with Crippen LogP contribution in [0.1, 0.15) is 20.3 Å². The zero-order valence-corrected chi connectivity index (χ0v) is 11.8. The molecule has 0 radical (unpaired) electrons. The van der Waals surface area contributed by atoms with Crippen molar-refractivity contribution in [2.75, 3.05) is 17.7 Å². The first-order valence-electron chi connectivity index (χ1n) is 6.04. The maximum atomic E-state index is 11.4. The first-order valence-corrected chi connectivity index (χ1v) is 7.59. The number of nitrogens with one attached hydrogen (secondary N) is 1. The normalized spacial score (nSPS) is 27.4. The monoisotopic (exact) mass is 285 g/mol. The van der Waals surface area contributed by atoms with Crippen molar-refractivity contribution in [2.45, 2.75) is 36.8 Å². The molecular weight excluding hydrogens is 266 g/mol. The number of ether oxygens (including phenoxy) is 1. The molecule has 6 nitrogen and oxygen atoms in total. The number of nitrogen functional groups attached to an aromatic ring is 1. The zero-order valence-electron chi connectivity index (χ0n) is 11.0. The Morgan fingerprint density at radius 2 is 2.16 bits per heavy atom. The molecular formula is C12H19N3O3S. The van der Waals surface area contributed by atoms with Crippen molar-refractivity contribution >= 4 is 21.4 Å². The fourth-order valence-corrected chi connectivity index (χ4v) is 2.67. The van der Waals surface area contributed by atoms with Gasteiger partial charge in [-0.15, -0.1) is 0 Å². The van der Waals surface area contributed by atoms with Crippen LogP contribution < -0.4 is 16.2 Å². The Bertz CT molecular complexity index is 588. The lowest BCUT2D eigenvalue weighted by Gasteiger charge is -2.30. The van der Waals surface area contributed by atoms with E-state index < -0.39 is 10.0 Å². The first kappa shape index (κ1) is 14.1. The highest BCUT2D eigenvalue weighted by Gasteiger charge is 2.37. The van der Waals surface area contributed by atoms with E-state index in [1.165, 1.54) is 18.2 Å². The van der Waals surface area contributed by atoms with Crippen LogP contribution in [0.2, 0.25) is 0 Å². The van der Waals surface area contributed by atoms with Crippen molar-refractivity contribution < 1.29 is 13.2 Å². The number of rotatable bonds is 3. The molecule has 2 rings (SSSR count). The van der Waals surface area contributed by atoms with E-state index in [0.29, 0.717) is 18.0 Å². The van der Waals surface area contributed by atoms with E-state index in [4.69, 9.17) is 15.6 Å². The van der Waals surface area contributed by atoms with E-state index in [-0.39, 0.29) is 16.5 Å². The lowest BCUT2D eigenvalue weighted by Crippen LogP contribution is -2.41. The van der Waals surface area contributed by atoms with Crippen molar-refractivity contribution in [1.29, 1.82) is 0 Å². The average molecular weight is 285 g/mol. The second kappa shape index (κ2) is 4.66. The van der Waals surface area contributed by atoms with Crippen LogP contribution in [-0.4, -0.2) is 26.7 Å². The number of anilines is 2. The molecule has 0 aliphatic carbocycles. The fraction of sp³-hybridized carbons (Fsp3) is 0.500. The fourth-order valence-electron chi connectivity index (χ4n) is 2.13. The summed E-state index contributed by atoms with van der Waals surface area (Å²) < 4.78 is 28.3. The van der Waals surface area contributed by atoms with E-state index in [0.717, 1.165) is 6.42 Å². The van der Waals surface area contributed by atoms with Crippen LogP contribution in [-0.2, 0) is 14.8 Å². The molecule has 2 unspecified atom stereocenters. The Hall–Kier alpha value is -1.31. The summed E-state index contributed by atoms with van der Waals surface area (Å²) in [5.41, 5.74) is 6.64. The summed E-state index contributed by atoms with van der Waals surface area (Å²) in [6.07, 6.45) is 0.845. The Labute approximate surface area is 113 Å². The van der Waals surface area contributed by atoms with Crippen molar-refractivity contribution in [2.24, 2.45) is 5.14 Å². The number of hydrogen-bond donors (Lipinski definition) is 3. The molecule has 0 spiro atoms. The van der Waals surface area contributed by atoms with E-state index >= 15 is 0 Å². The van der Waals surface area contributed by atoms with E-state index in [1.807, 2.05) is 13.8 Å². The van der Waals surface area contributed by atoms with Gasteiger partial charge in [0.1, 0.15) is 0 Å². The van der Waals surface area contributed by atoms with Crippen molar-refractivity contribution in [3.05, 3.63) is 18.2 Å². The van der Waals surface area contributed by atoms with E-state index in [1.54, 1.807) is 0 Å². The van der Waals surface area contributed by atoms with E-state index in [2.05, 4.69) is 5.32 Å². The van der Waals surface area contributed by atoms with Gasteiger partial charge in [-0.05, 0) is 38.5 Å². The quantitative estimate of drug-likeness (QED) is 0.715. The highest BCUT2D eigenvalue weighted by atomic mass is 32.2. The summed E-state index contributed by atoms with van der Waals surface area (Å²) in [7, 11) is -3.74. The molecule has 1 aromatic rings. The molecule has 1 aliphatic rings. The molecule has 1 aliphatic heterocycles. The Kier molecular flexibility index (Phi) is 3.46. The van der Waals surface area contributed by atoms with Crippen LogP contribution >= 0.6 is 0 Å². The third-order valence-corrected chi connectivity index (χ3v) is 4.57. The molecule has 7 heteroatoms. The van der Waals surface area contributed by atoms with Gasteiger partial charge in [-0.3, -0.25) is 0 Å². The molecule has 2 atom stereocenters. The second-order valence-corrected chi connectivity index (χ2v) is 6.66. The molecule has 1 saturated heterocycles. The molecule has 1 aromatic carbocycles. The maximum absolute atomic E-state index is 11.4. The summed E-state index contributed by atoms with van der Waals surface area (Å²) in [4.78, 5) is 0.0411. The van der Waals surface area contributed by atoms with Crippen LogP contribution in [0.15, 0.2) is 23.1 Å². The van der Waals surface area contributed by atoms with Gasteiger partial charge in [-0.25, -0.2) is 13.6 Å². The van der Waals surface area contributed by atoms with Crippen molar-refractivity contribution in [3.8, 4) is 0 Å². The number of sulfonamides is 1. The third kappa shape index (κ3) is 2.83. The molecule has 1 fully saturated rings. The van der Waals surface area contributed by atoms with Crippen molar-refractivity contribution in [1.82, 2.24) is 0 Å². The molecule has 5 N–H and O–H groups in total. The topological polar surface area (TPSA) is 107 Å². The smallest absolute Gasteiger partial charge is 0.238 e. The SMILES string of the molecule is CC1OCCC1(C)Nc1cc(S(N)(=O)=O)ccc1N. The highest BCUT2D eigenvalue weighted by Crippen LogP contribution is 2.32. The maximum Gasteiger partial charge on any atom is 0.238 e. The van der Waals surface area contributed by atoms with Crippen LogP contribution in [0, 0.1) is 0 Å². The van der Waals surface area contributed by atoms with Crippen LogP contribution in [0.25, 0.3) is 0 Å². The summed E-state index contributed by atoms with van der Waals surface area (Å²) in [6, 6.07) is 4.39. The predicted octanol–water partition coefficient (Wildman–Crippen LogP) is 0.896. The molecule has 0 aromatic heterocycles. The Balaban J connectivity index is 2.35. The minimum Gasteiger partial charge on any atom is -0.397 e. The molecule has 0 bridgehead atoms. The minimum atomic E-state index is -3.74. The summed E-state index contributed by atoms with van der Waals surface area (Å²) in [5.74, 6) is 0. The number of benzene rings is 1. The lowest BCUT2D eigenvalue weighted by molar-refractivity contribution is 0.105. The largest absolute Gasteiger partial charge is 0.397 e. The van der Waals surface area contributed by atoms with Gasteiger partial charge in [0.2, 0.25) is 10.0 Å². The Morgan fingerprint density at radius 1 is 1.47 bits per heavy atom. The first-order chi connectivity index (χ1) is 8.72. The van der Waals surface area contributed by atoms with Gasteiger partial charge in [-0.2, -0.15) is 0 Å². The third-order valence-electron chi connectivity index (χ3n) is 3.66. The summed E-state index contributed by atoms with van der Waals surface area (Å²) in [5, 5.41) is 8.40. The van der Waals surface area contributed by atoms with Gasteiger partial charge in [-0.1, -0.05) is 0 Å². The van der Waals surface area contributed by atoms with Gasteiger partial charge < -0.3 is 15.8 Å². The number of primary sulfonamides is 1. The van der Waals surface area contributed by atoms with Gasteiger partial charge in [0.15, 0.2) is 0 Å². The summed E-state index contributed by atoms with van der Waals surface area (Å²) in [6.45, 7) is 4.66. The van der Waals surface area contributed by atoms with Crippen molar-refractivity contribution in [3.63, 3.8) is 0 Å². The summed E-state index contributed by atoms with van der Waals surface area (Å²) >= 11 is 0. The number of hydrogen-bond acceptors (Lipinski definition) is 5. The second-order valence-electron chi connectivity index (χ2n) is 5.10. The van der Waals surface area contributed by atoms with E-state index in [9.17, 15) is 8.42 Å². The molecule has 106 valence electrons. The lowest BCUT2D eigenvalue weighted by atomic mass is 9.94. The van der Waals surface area contributed by atoms with Gasteiger partial charge in [0.05, 0.1) is 27.9 Å². The molecule has 1 heterocycles. The number of nitrogens with two attached hydrogens (primary N) is 2. The zero-order chi connectivity index (χ0) is 14.3.